The Morgan fingerprint density at radius 3 is 2.48 bits per heavy atom. The molecule has 1 heterocycles. The summed E-state index contributed by atoms with van der Waals surface area (Å²) in [5.74, 6) is -0.0189. The molecule has 1 aliphatic rings. The van der Waals surface area contributed by atoms with Gasteiger partial charge in [0, 0.05) is 17.6 Å². The zero-order chi connectivity index (χ0) is 15.0. The first-order chi connectivity index (χ1) is 10.1. The van der Waals surface area contributed by atoms with Crippen LogP contribution >= 0.6 is 11.6 Å². The molecule has 0 fully saturated rings. The maximum absolute atomic E-state index is 12.5. The number of hydrogen-bond acceptors (Lipinski definition) is 2. The predicted octanol–water partition coefficient (Wildman–Crippen LogP) is 3.88. The molecule has 2 atom stereocenters. The third-order valence-corrected chi connectivity index (χ3v) is 4.10. The number of benzene rings is 2. The summed E-state index contributed by atoms with van der Waals surface area (Å²) in [6.45, 7) is 1.88. The Bertz CT molecular complexity index is 669. The van der Waals surface area contributed by atoms with Crippen molar-refractivity contribution in [3.8, 4) is 0 Å². The Hall–Kier alpha value is -1.84. The molecule has 0 aromatic heterocycles. The predicted molar refractivity (Wildman–Crippen MR) is 82.4 cm³/mol. The van der Waals surface area contributed by atoms with Gasteiger partial charge < -0.3 is 9.64 Å². The van der Waals surface area contributed by atoms with Crippen molar-refractivity contribution in [2.45, 2.75) is 19.3 Å². The van der Waals surface area contributed by atoms with Gasteiger partial charge in [-0.05, 0) is 36.2 Å². The molecule has 0 radical (unpaired) electrons. The number of ether oxygens (including phenoxy) is 1. The second-order valence-electron chi connectivity index (χ2n) is 5.17. The summed E-state index contributed by atoms with van der Waals surface area (Å²) in [7, 11) is 1.76. The summed E-state index contributed by atoms with van der Waals surface area (Å²) in [5, 5.41) is 0.682. The molecule has 2 aromatic carbocycles. The second kappa shape index (κ2) is 5.51. The fourth-order valence-electron chi connectivity index (χ4n) is 2.53. The minimum atomic E-state index is -0.300. The molecule has 0 unspecified atom stereocenters. The first-order valence-electron chi connectivity index (χ1n) is 6.85. The minimum absolute atomic E-state index is 0.0189. The monoisotopic (exact) mass is 301 g/mol. The number of rotatable bonds is 1. The van der Waals surface area contributed by atoms with Crippen LogP contribution in [0.15, 0.2) is 48.5 Å². The molecular weight excluding hydrogens is 286 g/mol. The van der Waals surface area contributed by atoms with Gasteiger partial charge in [-0.15, -0.1) is 0 Å². The van der Waals surface area contributed by atoms with E-state index in [1.165, 1.54) is 0 Å². The third-order valence-electron chi connectivity index (χ3n) is 3.85. The van der Waals surface area contributed by atoms with Gasteiger partial charge in [-0.1, -0.05) is 41.9 Å². The van der Waals surface area contributed by atoms with Crippen molar-refractivity contribution in [1.29, 1.82) is 0 Å². The van der Waals surface area contributed by atoms with E-state index in [0.29, 0.717) is 10.6 Å². The summed E-state index contributed by atoms with van der Waals surface area (Å²) in [6.07, 6.45) is -0.576. The standard InChI is InChI=1S/C17H16ClNO2/c1-11-19(2)17(20)15-6-4-3-5-14(15)16(21-11)12-7-9-13(18)10-8-12/h3-11,16H,1-2H3/t11-,16-/m1/s1. The number of hydrogen-bond donors (Lipinski definition) is 0. The van der Waals surface area contributed by atoms with E-state index in [-0.39, 0.29) is 18.2 Å². The van der Waals surface area contributed by atoms with Crippen molar-refractivity contribution in [3.05, 3.63) is 70.2 Å². The van der Waals surface area contributed by atoms with Crippen molar-refractivity contribution in [2.24, 2.45) is 0 Å². The molecular formula is C17H16ClNO2. The average molecular weight is 302 g/mol. The van der Waals surface area contributed by atoms with Gasteiger partial charge in [-0.3, -0.25) is 4.79 Å². The maximum atomic E-state index is 12.5. The zero-order valence-corrected chi connectivity index (χ0v) is 12.7. The lowest BCUT2D eigenvalue weighted by molar-refractivity contribution is -0.0482. The highest BCUT2D eigenvalue weighted by atomic mass is 35.5. The molecule has 108 valence electrons. The van der Waals surface area contributed by atoms with Crippen LogP contribution in [0.2, 0.25) is 5.02 Å². The summed E-state index contributed by atoms with van der Waals surface area (Å²) in [5.41, 5.74) is 2.56. The summed E-state index contributed by atoms with van der Waals surface area (Å²) < 4.78 is 6.11. The lowest BCUT2D eigenvalue weighted by Crippen LogP contribution is -2.35. The van der Waals surface area contributed by atoms with Crippen LogP contribution in [0.1, 0.15) is 34.5 Å². The quantitative estimate of drug-likeness (QED) is 0.800. The summed E-state index contributed by atoms with van der Waals surface area (Å²) in [6, 6.07) is 15.1. The van der Waals surface area contributed by atoms with Crippen molar-refractivity contribution >= 4 is 17.5 Å². The Kier molecular flexibility index (Phi) is 3.70. The highest BCUT2D eigenvalue weighted by Gasteiger charge is 2.31. The number of halogens is 1. The lowest BCUT2D eigenvalue weighted by atomic mass is 9.96. The van der Waals surface area contributed by atoms with Crippen molar-refractivity contribution < 1.29 is 9.53 Å². The summed E-state index contributed by atoms with van der Waals surface area (Å²) >= 11 is 5.95. The first kappa shape index (κ1) is 14.1. The normalized spacial score (nSPS) is 21.9. The van der Waals surface area contributed by atoms with Gasteiger partial charge in [0.05, 0.1) is 0 Å². The van der Waals surface area contributed by atoms with Gasteiger partial charge in [-0.2, -0.15) is 0 Å². The molecule has 0 aliphatic carbocycles. The Balaban J connectivity index is 2.13. The van der Waals surface area contributed by atoms with Crippen molar-refractivity contribution in [2.75, 3.05) is 7.05 Å². The molecule has 4 heteroatoms. The van der Waals surface area contributed by atoms with E-state index in [1.807, 2.05) is 55.5 Å². The lowest BCUT2D eigenvalue weighted by Gasteiger charge is -2.25. The molecule has 0 saturated carbocycles. The van der Waals surface area contributed by atoms with E-state index < -0.39 is 0 Å². The molecule has 0 N–H and O–H groups in total. The zero-order valence-electron chi connectivity index (χ0n) is 11.9. The van der Waals surface area contributed by atoms with E-state index in [0.717, 1.165) is 11.1 Å². The van der Waals surface area contributed by atoms with Crippen LogP contribution < -0.4 is 0 Å². The molecule has 0 spiro atoms. The highest BCUT2D eigenvalue weighted by Crippen LogP contribution is 2.34. The van der Waals surface area contributed by atoms with Gasteiger partial charge in [0.25, 0.3) is 5.91 Å². The number of nitrogens with zero attached hydrogens (tertiary/aromatic N) is 1. The fourth-order valence-corrected chi connectivity index (χ4v) is 2.66. The smallest absolute Gasteiger partial charge is 0.256 e. The number of carbonyl (C=O) groups is 1. The first-order valence-corrected chi connectivity index (χ1v) is 7.22. The fraction of sp³-hybridized carbons (Fsp3) is 0.235. The SMILES string of the molecule is C[C@H]1O[C@H](c2ccc(Cl)cc2)c2ccccc2C(=O)N1C. The van der Waals surface area contributed by atoms with E-state index in [9.17, 15) is 4.79 Å². The number of fused-ring (bicyclic) bond motifs is 1. The number of amides is 1. The molecule has 3 rings (SSSR count). The largest absolute Gasteiger partial charge is 0.346 e. The third kappa shape index (κ3) is 2.55. The van der Waals surface area contributed by atoms with Gasteiger partial charge >= 0.3 is 0 Å². The van der Waals surface area contributed by atoms with Gasteiger partial charge in [-0.25, -0.2) is 0 Å². The van der Waals surface area contributed by atoms with Crippen LogP contribution in [-0.4, -0.2) is 24.1 Å². The molecule has 1 amide bonds. The maximum Gasteiger partial charge on any atom is 0.256 e. The average Bonchev–Trinajstić information content (AvgIpc) is 2.60. The minimum Gasteiger partial charge on any atom is -0.346 e. The van der Waals surface area contributed by atoms with E-state index in [1.54, 1.807) is 11.9 Å². The Morgan fingerprint density at radius 1 is 1.10 bits per heavy atom. The second-order valence-corrected chi connectivity index (χ2v) is 5.61. The molecule has 21 heavy (non-hydrogen) atoms. The van der Waals surface area contributed by atoms with E-state index in [4.69, 9.17) is 16.3 Å². The van der Waals surface area contributed by atoms with Crippen LogP contribution in [0.25, 0.3) is 0 Å². The Morgan fingerprint density at radius 2 is 1.76 bits per heavy atom. The van der Waals surface area contributed by atoms with Crippen molar-refractivity contribution in [1.82, 2.24) is 4.90 Å². The van der Waals surface area contributed by atoms with Gasteiger partial charge in [0.1, 0.15) is 12.3 Å². The van der Waals surface area contributed by atoms with E-state index >= 15 is 0 Å². The van der Waals surface area contributed by atoms with Crippen LogP contribution in [0.4, 0.5) is 0 Å². The van der Waals surface area contributed by atoms with Crippen LogP contribution in [0, 0.1) is 0 Å². The summed E-state index contributed by atoms with van der Waals surface area (Å²) in [4.78, 5) is 14.1. The van der Waals surface area contributed by atoms with Crippen LogP contribution in [0.3, 0.4) is 0 Å². The van der Waals surface area contributed by atoms with Gasteiger partial charge in [0.2, 0.25) is 0 Å². The van der Waals surface area contributed by atoms with E-state index in [2.05, 4.69) is 0 Å². The molecule has 1 aliphatic heterocycles. The van der Waals surface area contributed by atoms with Crippen LogP contribution in [0.5, 0.6) is 0 Å². The highest BCUT2D eigenvalue weighted by molar-refractivity contribution is 6.30. The number of carbonyl (C=O) groups excluding carboxylic acids is 1. The molecule has 0 bridgehead atoms. The van der Waals surface area contributed by atoms with Gasteiger partial charge in [0.15, 0.2) is 0 Å². The molecule has 2 aromatic rings. The van der Waals surface area contributed by atoms with Crippen LogP contribution in [-0.2, 0) is 4.74 Å². The molecule has 3 nitrogen and oxygen atoms in total. The van der Waals surface area contributed by atoms with Crippen molar-refractivity contribution in [3.63, 3.8) is 0 Å². The topological polar surface area (TPSA) is 29.5 Å². The molecule has 0 saturated heterocycles. The Labute approximate surface area is 129 Å².